The molecule has 3 rings (SSSR count). The predicted molar refractivity (Wildman–Crippen MR) is 77.1 cm³/mol. The van der Waals surface area contributed by atoms with E-state index in [9.17, 15) is 0 Å². The van der Waals surface area contributed by atoms with E-state index in [1.165, 1.54) is 23.2 Å². The maximum absolute atomic E-state index is 4.51. The van der Waals surface area contributed by atoms with Crippen LogP contribution in [0.3, 0.4) is 0 Å². The number of thiazole rings is 1. The first-order valence-corrected chi connectivity index (χ1v) is 7.32. The van der Waals surface area contributed by atoms with Crippen molar-refractivity contribution in [1.82, 2.24) is 15.2 Å². The molecule has 0 bridgehead atoms. The highest BCUT2D eigenvalue weighted by Crippen LogP contribution is 2.23. The molecule has 1 aliphatic rings. The van der Waals surface area contributed by atoms with Crippen molar-refractivity contribution in [3.63, 3.8) is 0 Å². The van der Waals surface area contributed by atoms with Gasteiger partial charge in [-0.2, -0.15) is 0 Å². The SMILES string of the molecule is CNC1CCN(Cc2ccc3nc(C)sc3c2)C1. The summed E-state index contributed by atoms with van der Waals surface area (Å²) in [5.74, 6) is 0. The van der Waals surface area contributed by atoms with Gasteiger partial charge in [0.15, 0.2) is 0 Å². The van der Waals surface area contributed by atoms with Crippen molar-refractivity contribution < 1.29 is 0 Å². The molecule has 96 valence electrons. The molecule has 2 heterocycles. The second kappa shape index (κ2) is 4.96. The van der Waals surface area contributed by atoms with Crippen LogP contribution in [0.4, 0.5) is 0 Å². The number of nitrogens with one attached hydrogen (secondary N) is 1. The fourth-order valence-corrected chi connectivity index (χ4v) is 3.54. The topological polar surface area (TPSA) is 28.2 Å². The lowest BCUT2D eigenvalue weighted by molar-refractivity contribution is 0.322. The van der Waals surface area contributed by atoms with Gasteiger partial charge in [-0.05, 0) is 38.1 Å². The molecule has 1 unspecified atom stereocenters. The zero-order valence-corrected chi connectivity index (χ0v) is 11.8. The Morgan fingerprint density at radius 2 is 2.39 bits per heavy atom. The maximum atomic E-state index is 4.51. The van der Waals surface area contributed by atoms with Crippen molar-refractivity contribution in [3.8, 4) is 0 Å². The number of aryl methyl sites for hydroxylation is 1. The number of hydrogen-bond acceptors (Lipinski definition) is 4. The monoisotopic (exact) mass is 261 g/mol. The number of aromatic nitrogens is 1. The third-order valence-electron chi connectivity index (χ3n) is 3.65. The first-order chi connectivity index (χ1) is 8.74. The molecule has 2 aromatic rings. The summed E-state index contributed by atoms with van der Waals surface area (Å²) in [4.78, 5) is 7.03. The summed E-state index contributed by atoms with van der Waals surface area (Å²) in [6.45, 7) is 5.49. The summed E-state index contributed by atoms with van der Waals surface area (Å²) < 4.78 is 1.31. The summed E-state index contributed by atoms with van der Waals surface area (Å²) in [5.41, 5.74) is 2.54. The van der Waals surface area contributed by atoms with Crippen LogP contribution in [0, 0.1) is 6.92 Å². The molecule has 1 fully saturated rings. The van der Waals surface area contributed by atoms with E-state index in [0.29, 0.717) is 6.04 Å². The van der Waals surface area contributed by atoms with Crippen molar-refractivity contribution >= 4 is 21.6 Å². The van der Waals surface area contributed by atoms with Gasteiger partial charge in [-0.25, -0.2) is 4.98 Å². The van der Waals surface area contributed by atoms with E-state index in [0.717, 1.165) is 23.6 Å². The predicted octanol–water partition coefficient (Wildman–Crippen LogP) is 2.40. The van der Waals surface area contributed by atoms with Gasteiger partial charge in [0.2, 0.25) is 0 Å². The van der Waals surface area contributed by atoms with E-state index >= 15 is 0 Å². The van der Waals surface area contributed by atoms with Crippen molar-refractivity contribution in [3.05, 3.63) is 28.8 Å². The van der Waals surface area contributed by atoms with Crippen molar-refractivity contribution in [2.24, 2.45) is 0 Å². The van der Waals surface area contributed by atoms with E-state index in [1.54, 1.807) is 11.3 Å². The molecule has 0 radical (unpaired) electrons. The Balaban J connectivity index is 1.74. The van der Waals surface area contributed by atoms with Gasteiger partial charge in [-0.1, -0.05) is 6.07 Å². The molecular formula is C14H19N3S. The number of likely N-dealkylation sites (N-methyl/N-ethyl adjacent to an activating group) is 1. The molecule has 0 spiro atoms. The summed E-state index contributed by atoms with van der Waals surface area (Å²) >= 11 is 1.79. The molecule has 3 nitrogen and oxygen atoms in total. The van der Waals surface area contributed by atoms with Crippen LogP contribution >= 0.6 is 11.3 Å². The van der Waals surface area contributed by atoms with E-state index in [1.807, 2.05) is 0 Å². The normalized spacial score (nSPS) is 20.9. The van der Waals surface area contributed by atoms with E-state index in [4.69, 9.17) is 0 Å². The standard InChI is InChI=1S/C14H19N3S/c1-10-16-13-4-3-11(7-14(13)18-10)8-17-6-5-12(9-17)15-2/h3-4,7,12,15H,5-6,8-9H2,1-2H3. The number of likely N-dealkylation sites (tertiary alicyclic amines) is 1. The second-order valence-electron chi connectivity index (χ2n) is 5.04. The molecule has 1 aliphatic heterocycles. The van der Waals surface area contributed by atoms with Crippen LogP contribution in [-0.2, 0) is 6.54 Å². The Morgan fingerprint density at radius 1 is 1.50 bits per heavy atom. The van der Waals surface area contributed by atoms with E-state index in [2.05, 4.69) is 47.4 Å². The maximum Gasteiger partial charge on any atom is 0.0907 e. The minimum atomic E-state index is 0.666. The van der Waals surface area contributed by atoms with Gasteiger partial charge in [0.05, 0.1) is 15.2 Å². The third-order valence-corrected chi connectivity index (χ3v) is 4.58. The number of fused-ring (bicyclic) bond motifs is 1. The van der Waals surface area contributed by atoms with Crippen LogP contribution in [0.1, 0.15) is 17.0 Å². The van der Waals surface area contributed by atoms with Crippen molar-refractivity contribution in [2.75, 3.05) is 20.1 Å². The van der Waals surface area contributed by atoms with Gasteiger partial charge in [-0.15, -0.1) is 11.3 Å². The van der Waals surface area contributed by atoms with Crippen LogP contribution in [0.25, 0.3) is 10.2 Å². The molecule has 1 aromatic heterocycles. The third kappa shape index (κ3) is 2.41. The Morgan fingerprint density at radius 3 is 3.17 bits per heavy atom. The lowest BCUT2D eigenvalue weighted by atomic mass is 10.2. The zero-order chi connectivity index (χ0) is 12.5. The Hall–Kier alpha value is -0.970. The van der Waals surface area contributed by atoms with Crippen LogP contribution in [0.15, 0.2) is 18.2 Å². The summed E-state index contributed by atoms with van der Waals surface area (Å²) in [6.07, 6.45) is 1.26. The highest BCUT2D eigenvalue weighted by molar-refractivity contribution is 7.18. The Labute approximate surface area is 112 Å². The Bertz CT molecular complexity index is 549. The molecule has 1 N–H and O–H groups in total. The number of hydrogen-bond donors (Lipinski definition) is 1. The second-order valence-corrected chi connectivity index (χ2v) is 6.28. The molecule has 1 saturated heterocycles. The fourth-order valence-electron chi connectivity index (χ4n) is 2.65. The number of benzene rings is 1. The molecule has 1 aromatic carbocycles. The van der Waals surface area contributed by atoms with Gasteiger partial charge in [0, 0.05) is 25.7 Å². The average molecular weight is 261 g/mol. The minimum Gasteiger partial charge on any atom is -0.316 e. The largest absolute Gasteiger partial charge is 0.316 e. The quantitative estimate of drug-likeness (QED) is 0.919. The van der Waals surface area contributed by atoms with Gasteiger partial charge in [-0.3, -0.25) is 4.90 Å². The first-order valence-electron chi connectivity index (χ1n) is 6.50. The summed E-state index contributed by atoms with van der Waals surface area (Å²) in [7, 11) is 2.06. The Kier molecular flexibility index (Phi) is 3.33. The van der Waals surface area contributed by atoms with Gasteiger partial charge in [0.25, 0.3) is 0 Å². The first kappa shape index (κ1) is 12.1. The lowest BCUT2D eigenvalue weighted by Crippen LogP contribution is -2.29. The minimum absolute atomic E-state index is 0.666. The molecular weight excluding hydrogens is 242 g/mol. The van der Waals surface area contributed by atoms with Crippen molar-refractivity contribution in [2.45, 2.75) is 25.9 Å². The fraction of sp³-hybridized carbons (Fsp3) is 0.500. The van der Waals surface area contributed by atoms with Crippen molar-refractivity contribution in [1.29, 1.82) is 0 Å². The van der Waals surface area contributed by atoms with Crippen LogP contribution < -0.4 is 5.32 Å². The molecule has 18 heavy (non-hydrogen) atoms. The smallest absolute Gasteiger partial charge is 0.0907 e. The zero-order valence-electron chi connectivity index (χ0n) is 10.9. The van der Waals surface area contributed by atoms with Gasteiger partial charge in [0.1, 0.15) is 0 Å². The number of nitrogens with zero attached hydrogens (tertiary/aromatic N) is 2. The van der Waals surface area contributed by atoms with Gasteiger partial charge < -0.3 is 5.32 Å². The average Bonchev–Trinajstić information content (AvgIpc) is 2.94. The molecule has 0 saturated carbocycles. The highest BCUT2D eigenvalue weighted by Gasteiger charge is 2.20. The molecule has 0 aliphatic carbocycles. The molecule has 1 atom stereocenters. The highest BCUT2D eigenvalue weighted by atomic mass is 32.1. The van der Waals surface area contributed by atoms with Crippen LogP contribution in [0.5, 0.6) is 0 Å². The molecule has 4 heteroatoms. The van der Waals surface area contributed by atoms with Crippen LogP contribution in [0.2, 0.25) is 0 Å². The summed E-state index contributed by atoms with van der Waals surface area (Å²) in [6, 6.07) is 7.33. The number of rotatable bonds is 3. The van der Waals surface area contributed by atoms with Gasteiger partial charge >= 0.3 is 0 Å². The van der Waals surface area contributed by atoms with E-state index in [-0.39, 0.29) is 0 Å². The summed E-state index contributed by atoms with van der Waals surface area (Å²) in [5, 5.41) is 4.51. The van der Waals surface area contributed by atoms with Crippen LogP contribution in [-0.4, -0.2) is 36.1 Å². The van der Waals surface area contributed by atoms with E-state index < -0.39 is 0 Å². The molecule has 0 amide bonds. The lowest BCUT2D eigenvalue weighted by Gasteiger charge is -2.15.